The summed E-state index contributed by atoms with van der Waals surface area (Å²) < 4.78 is 26.0. The molecule has 4 aromatic rings. The van der Waals surface area contributed by atoms with Crippen molar-refractivity contribution in [1.29, 1.82) is 0 Å². The summed E-state index contributed by atoms with van der Waals surface area (Å²) in [5, 5.41) is 4.94. The van der Waals surface area contributed by atoms with E-state index in [2.05, 4.69) is 5.10 Å². The number of fused-ring (bicyclic) bond motifs is 1. The molecule has 0 atom stereocenters. The number of rotatable bonds is 8. The summed E-state index contributed by atoms with van der Waals surface area (Å²) in [6.07, 6.45) is 1.58. The number of amides is 1. The third-order valence-corrected chi connectivity index (χ3v) is 5.73. The first-order valence-corrected chi connectivity index (χ1v) is 11.5. The number of nitrogens with zero attached hydrogens (tertiary/aromatic N) is 4. The van der Waals surface area contributed by atoms with Gasteiger partial charge in [0.25, 0.3) is 5.91 Å². The van der Waals surface area contributed by atoms with Gasteiger partial charge < -0.3 is 14.4 Å². The molecule has 0 aliphatic rings. The van der Waals surface area contributed by atoms with Gasteiger partial charge in [-0.15, -0.1) is 0 Å². The molecular formula is C27H27FN4O4. The summed E-state index contributed by atoms with van der Waals surface area (Å²) in [6.45, 7) is 3.64. The van der Waals surface area contributed by atoms with E-state index in [1.807, 2.05) is 44.2 Å². The van der Waals surface area contributed by atoms with Crippen molar-refractivity contribution < 1.29 is 23.5 Å². The molecule has 0 unspecified atom stereocenters. The van der Waals surface area contributed by atoms with Crippen LogP contribution in [0.2, 0.25) is 0 Å². The summed E-state index contributed by atoms with van der Waals surface area (Å²) >= 11 is 0. The second-order valence-electron chi connectivity index (χ2n) is 8.64. The fourth-order valence-electron chi connectivity index (χ4n) is 3.81. The number of pyridine rings is 1. The van der Waals surface area contributed by atoms with Gasteiger partial charge in [0.15, 0.2) is 23.8 Å². The van der Waals surface area contributed by atoms with E-state index in [-0.39, 0.29) is 23.9 Å². The zero-order valence-corrected chi connectivity index (χ0v) is 20.6. The van der Waals surface area contributed by atoms with Crippen molar-refractivity contribution in [2.75, 3.05) is 20.8 Å². The van der Waals surface area contributed by atoms with Crippen LogP contribution in [-0.2, 0) is 16.1 Å². The highest BCUT2D eigenvalue weighted by molar-refractivity contribution is 6.04. The van der Waals surface area contributed by atoms with Crippen molar-refractivity contribution in [3.05, 3.63) is 77.7 Å². The molecule has 36 heavy (non-hydrogen) atoms. The summed E-state index contributed by atoms with van der Waals surface area (Å²) in [4.78, 5) is 31.8. The number of carbonyl (C=O) groups excluding carboxylic acids is 2. The van der Waals surface area contributed by atoms with Crippen LogP contribution in [0.3, 0.4) is 0 Å². The standard InChI is InChI=1S/C27H27FN4O4/c1-17(2)32-26-21(14-29-32)20(13-23(30-26)19-8-6-5-7-9-19)27(34)36-16-25(33)31(3)15-18-10-11-24(35-4)22(28)12-18/h5-14,17H,15-16H2,1-4H3. The number of ether oxygens (including phenoxy) is 2. The normalized spacial score (nSPS) is 11.1. The maximum Gasteiger partial charge on any atom is 0.339 e. The van der Waals surface area contributed by atoms with Crippen molar-refractivity contribution in [1.82, 2.24) is 19.7 Å². The first kappa shape index (κ1) is 24.8. The predicted molar refractivity (Wildman–Crippen MR) is 133 cm³/mol. The van der Waals surface area contributed by atoms with Gasteiger partial charge in [0.1, 0.15) is 0 Å². The highest BCUT2D eigenvalue weighted by Crippen LogP contribution is 2.27. The number of esters is 1. The van der Waals surface area contributed by atoms with E-state index in [1.54, 1.807) is 30.1 Å². The lowest BCUT2D eigenvalue weighted by Crippen LogP contribution is -2.30. The van der Waals surface area contributed by atoms with Gasteiger partial charge in [0.05, 0.1) is 30.0 Å². The average molecular weight is 491 g/mol. The van der Waals surface area contributed by atoms with E-state index in [1.165, 1.54) is 24.1 Å². The molecule has 0 fully saturated rings. The molecule has 9 heteroatoms. The monoisotopic (exact) mass is 490 g/mol. The number of hydrogen-bond donors (Lipinski definition) is 0. The number of aromatic nitrogens is 3. The Kier molecular flexibility index (Phi) is 7.28. The summed E-state index contributed by atoms with van der Waals surface area (Å²) in [5.41, 5.74) is 2.86. The quantitative estimate of drug-likeness (QED) is 0.335. The summed E-state index contributed by atoms with van der Waals surface area (Å²) in [5.74, 6) is -1.47. The highest BCUT2D eigenvalue weighted by atomic mass is 19.1. The number of likely N-dealkylation sites (N-methyl/N-ethyl adjacent to an activating group) is 1. The lowest BCUT2D eigenvalue weighted by Gasteiger charge is -2.18. The Morgan fingerprint density at radius 1 is 1.11 bits per heavy atom. The van der Waals surface area contributed by atoms with Crippen LogP contribution in [0.5, 0.6) is 5.75 Å². The molecule has 2 aromatic carbocycles. The van der Waals surface area contributed by atoms with Gasteiger partial charge in [0.2, 0.25) is 0 Å². The van der Waals surface area contributed by atoms with E-state index in [9.17, 15) is 14.0 Å². The van der Waals surface area contributed by atoms with Crippen molar-refractivity contribution in [3.8, 4) is 17.0 Å². The molecular weight excluding hydrogens is 463 g/mol. The Balaban J connectivity index is 1.53. The minimum atomic E-state index is -0.653. The van der Waals surface area contributed by atoms with E-state index in [0.717, 1.165) is 5.56 Å². The van der Waals surface area contributed by atoms with Gasteiger partial charge in [-0.05, 0) is 37.6 Å². The van der Waals surface area contributed by atoms with Crippen LogP contribution in [0.4, 0.5) is 4.39 Å². The molecule has 1 amide bonds. The van der Waals surface area contributed by atoms with Gasteiger partial charge in [-0.1, -0.05) is 36.4 Å². The fraction of sp³-hybridized carbons (Fsp3) is 0.259. The van der Waals surface area contributed by atoms with Crippen molar-refractivity contribution in [2.45, 2.75) is 26.4 Å². The summed E-state index contributed by atoms with van der Waals surface area (Å²) in [6, 6.07) is 15.6. The van der Waals surface area contributed by atoms with Gasteiger partial charge in [-0.25, -0.2) is 18.9 Å². The first-order chi connectivity index (χ1) is 17.3. The van der Waals surface area contributed by atoms with Crippen molar-refractivity contribution in [3.63, 3.8) is 0 Å². The molecule has 0 radical (unpaired) electrons. The molecule has 0 N–H and O–H groups in total. The van der Waals surface area contributed by atoms with E-state index < -0.39 is 24.3 Å². The number of benzene rings is 2. The van der Waals surface area contributed by atoms with Crippen LogP contribution in [0, 0.1) is 5.82 Å². The van der Waals surface area contributed by atoms with Gasteiger partial charge in [-0.2, -0.15) is 5.10 Å². The molecule has 0 saturated carbocycles. The van der Waals surface area contributed by atoms with Crippen molar-refractivity contribution >= 4 is 22.9 Å². The predicted octanol–water partition coefficient (Wildman–Crippen LogP) is 4.64. The van der Waals surface area contributed by atoms with Crippen LogP contribution in [0.15, 0.2) is 60.8 Å². The number of hydrogen-bond acceptors (Lipinski definition) is 6. The second-order valence-corrected chi connectivity index (χ2v) is 8.64. The Labute approximate surface area is 208 Å². The Morgan fingerprint density at radius 2 is 1.86 bits per heavy atom. The third kappa shape index (κ3) is 5.19. The Morgan fingerprint density at radius 3 is 2.53 bits per heavy atom. The van der Waals surface area contributed by atoms with Crippen LogP contribution in [0.1, 0.15) is 35.8 Å². The maximum absolute atomic E-state index is 14.0. The van der Waals surface area contributed by atoms with E-state index >= 15 is 0 Å². The van der Waals surface area contributed by atoms with Gasteiger partial charge in [0, 0.05) is 25.2 Å². The second kappa shape index (κ2) is 10.6. The fourth-order valence-corrected chi connectivity index (χ4v) is 3.81. The molecule has 2 aromatic heterocycles. The zero-order chi connectivity index (χ0) is 25.8. The van der Waals surface area contributed by atoms with E-state index in [4.69, 9.17) is 14.5 Å². The average Bonchev–Trinajstić information content (AvgIpc) is 3.31. The smallest absolute Gasteiger partial charge is 0.339 e. The SMILES string of the molecule is COc1ccc(CN(C)C(=O)COC(=O)c2cc(-c3ccccc3)nc3c2cnn3C(C)C)cc1F. The third-order valence-electron chi connectivity index (χ3n) is 5.73. The molecule has 4 rings (SSSR count). The molecule has 0 spiro atoms. The Hall–Kier alpha value is -4.27. The van der Waals surface area contributed by atoms with Crippen LogP contribution in [0.25, 0.3) is 22.3 Å². The Bertz CT molecular complexity index is 1400. The van der Waals surface area contributed by atoms with Crippen LogP contribution >= 0.6 is 0 Å². The minimum absolute atomic E-state index is 0.0305. The first-order valence-electron chi connectivity index (χ1n) is 11.5. The topological polar surface area (TPSA) is 86.5 Å². The maximum atomic E-state index is 14.0. The van der Waals surface area contributed by atoms with Gasteiger partial charge in [-0.3, -0.25) is 4.79 Å². The zero-order valence-electron chi connectivity index (χ0n) is 20.6. The molecule has 186 valence electrons. The largest absolute Gasteiger partial charge is 0.494 e. The summed E-state index contributed by atoms with van der Waals surface area (Å²) in [7, 11) is 2.94. The van der Waals surface area contributed by atoms with Gasteiger partial charge >= 0.3 is 5.97 Å². The van der Waals surface area contributed by atoms with Crippen LogP contribution < -0.4 is 4.74 Å². The molecule has 8 nitrogen and oxygen atoms in total. The van der Waals surface area contributed by atoms with Crippen LogP contribution in [-0.4, -0.2) is 52.3 Å². The molecule has 0 aliphatic carbocycles. The molecule has 0 bridgehead atoms. The van der Waals surface area contributed by atoms with Crippen molar-refractivity contribution in [2.24, 2.45) is 0 Å². The molecule has 2 heterocycles. The number of methoxy groups -OCH3 is 1. The lowest BCUT2D eigenvalue weighted by atomic mass is 10.1. The highest BCUT2D eigenvalue weighted by Gasteiger charge is 2.21. The minimum Gasteiger partial charge on any atom is -0.494 e. The molecule has 0 aliphatic heterocycles. The lowest BCUT2D eigenvalue weighted by molar-refractivity contribution is -0.133. The number of halogens is 1. The molecule has 0 saturated heterocycles. The van der Waals surface area contributed by atoms with E-state index in [0.29, 0.717) is 22.3 Å². The number of carbonyl (C=O) groups is 2.